The van der Waals surface area contributed by atoms with Crippen LogP contribution in [0.3, 0.4) is 0 Å². The molecule has 0 aliphatic rings. The second-order valence-electron chi connectivity index (χ2n) is 7.07. The van der Waals surface area contributed by atoms with Crippen LogP contribution >= 0.6 is 22.7 Å². The number of nitrogens with one attached hydrogen (secondary N) is 2. The SMILES string of the molecule is C#Cc1nc(NC(=O)NC(C(=O)N(C)C)c2ccc(-c3cccc4ncsc34)cc2)cs1. The summed E-state index contributed by atoms with van der Waals surface area (Å²) < 4.78 is 1.10. The minimum absolute atomic E-state index is 0.250. The number of carbonyl (C=O) groups excluding carboxylic acids is 2. The number of terminal acetylenes is 1. The molecule has 2 aromatic carbocycles. The quantitative estimate of drug-likeness (QED) is 0.433. The van der Waals surface area contributed by atoms with Crippen LogP contribution in [0.15, 0.2) is 53.4 Å². The van der Waals surface area contributed by atoms with Crippen LogP contribution in [0.5, 0.6) is 0 Å². The van der Waals surface area contributed by atoms with Gasteiger partial charge in [0.25, 0.3) is 0 Å². The van der Waals surface area contributed by atoms with Crippen LogP contribution in [-0.4, -0.2) is 40.9 Å². The zero-order valence-corrected chi connectivity index (χ0v) is 19.0. The zero-order chi connectivity index (χ0) is 22.7. The van der Waals surface area contributed by atoms with Crippen LogP contribution in [0.4, 0.5) is 10.6 Å². The third-order valence-corrected chi connectivity index (χ3v) is 6.39. The van der Waals surface area contributed by atoms with Gasteiger partial charge in [-0.05, 0) is 23.1 Å². The summed E-state index contributed by atoms with van der Waals surface area (Å²) in [6, 6.07) is 12.2. The molecule has 4 aromatic rings. The predicted octanol–water partition coefficient (Wildman–Crippen LogP) is 4.35. The lowest BCUT2D eigenvalue weighted by Gasteiger charge is -2.22. The number of benzene rings is 2. The molecule has 0 saturated heterocycles. The summed E-state index contributed by atoms with van der Waals surface area (Å²) in [6.45, 7) is 0. The van der Waals surface area contributed by atoms with Crippen molar-refractivity contribution in [2.45, 2.75) is 6.04 Å². The lowest BCUT2D eigenvalue weighted by Crippen LogP contribution is -2.41. The molecule has 0 bridgehead atoms. The maximum absolute atomic E-state index is 12.8. The van der Waals surface area contributed by atoms with Gasteiger partial charge in [-0.15, -0.1) is 29.1 Å². The van der Waals surface area contributed by atoms with E-state index >= 15 is 0 Å². The molecule has 4 rings (SSSR count). The van der Waals surface area contributed by atoms with Crippen molar-refractivity contribution in [2.24, 2.45) is 0 Å². The minimum Gasteiger partial charge on any atom is -0.347 e. The van der Waals surface area contributed by atoms with Crippen molar-refractivity contribution in [3.8, 4) is 23.5 Å². The van der Waals surface area contributed by atoms with Gasteiger partial charge in [0.15, 0.2) is 5.01 Å². The molecule has 2 heterocycles. The van der Waals surface area contributed by atoms with Gasteiger partial charge >= 0.3 is 6.03 Å². The van der Waals surface area contributed by atoms with Crippen LogP contribution in [0.25, 0.3) is 21.3 Å². The van der Waals surface area contributed by atoms with E-state index in [0.717, 1.165) is 21.3 Å². The smallest absolute Gasteiger partial charge is 0.321 e. The van der Waals surface area contributed by atoms with Crippen LogP contribution in [0.1, 0.15) is 16.6 Å². The maximum Gasteiger partial charge on any atom is 0.321 e. The van der Waals surface area contributed by atoms with Gasteiger partial charge in [-0.2, -0.15) is 0 Å². The normalized spacial score (nSPS) is 11.5. The number of carbonyl (C=O) groups is 2. The first-order chi connectivity index (χ1) is 15.5. The minimum atomic E-state index is -0.857. The molecule has 1 atom stereocenters. The van der Waals surface area contributed by atoms with E-state index in [4.69, 9.17) is 6.42 Å². The number of nitrogens with zero attached hydrogens (tertiary/aromatic N) is 3. The summed E-state index contributed by atoms with van der Waals surface area (Å²) in [7, 11) is 3.29. The van der Waals surface area contributed by atoms with Gasteiger partial charge < -0.3 is 10.2 Å². The summed E-state index contributed by atoms with van der Waals surface area (Å²) in [5, 5.41) is 7.47. The molecule has 0 fully saturated rings. The van der Waals surface area contributed by atoms with E-state index < -0.39 is 12.1 Å². The van der Waals surface area contributed by atoms with Crippen molar-refractivity contribution in [3.05, 3.63) is 63.9 Å². The van der Waals surface area contributed by atoms with Crippen molar-refractivity contribution < 1.29 is 9.59 Å². The number of amides is 3. The van der Waals surface area contributed by atoms with Crippen LogP contribution in [0, 0.1) is 12.3 Å². The Morgan fingerprint density at radius 1 is 1.12 bits per heavy atom. The molecule has 0 radical (unpaired) electrons. The molecule has 32 heavy (non-hydrogen) atoms. The largest absolute Gasteiger partial charge is 0.347 e. The molecular formula is C23H19N5O2S2. The number of aromatic nitrogens is 2. The van der Waals surface area contributed by atoms with E-state index in [1.165, 1.54) is 16.2 Å². The Bertz CT molecular complexity index is 1320. The molecule has 160 valence electrons. The third-order valence-electron chi connectivity index (χ3n) is 4.74. The first-order valence-electron chi connectivity index (χ1n) is 9.59. The van der Waals surface area contributed by atoms with Crippen LogP contribution < -0.4 is 10.6 Å². The second kappa shape index (κ2) is 9.18. The summed E-state index contributed by atoms with van der Waals surface area (Å²) in [5.41, 5.74) is 5.53. The molecular weight excluding hydrogens is 442 g/mol. The molecule has 2 N–H and O–H groups in total. The van der Waals surface area contributed by atoms with Gasteiger partial charge in [0.2, 0.25) is 5.91 Å². The fourth-order valence-corrected chi connectivity index (χ4v) is 4.58. The Morgan fingerprint density at radius 2 is 1.91 bits per heavy atom. The fourth-order valence-electron chi connectivity index (χ4n) is 3.20. The summed E-state index contributed by atoms with van der Waals surface area (Å²) >= 11 is 2.84. The summed E-state index contributed by atoms with van der Waals surface area (Å²) in [5.74, 6) is 2.51. The lowest BCUT2D eigenvalue weighted by atomic mass is 10.00. The number of urea groups is 1. The monoisotopic (exact) mass is 461 g/mol. The van der Waals surface area contributed by atoms with E-state index in [2.05, 4.69) is 26.5 Å². The molecule has 0 saturated carbocycles. The Labute approximate surface area is 193 Å². The van der Waals surface area contributed by atoms with Gasteiger partial charge in [0.1, 0.15) is 11.9 Å². The van der Waals surface area contributed by atoms with E-state index in [1.807, 2.05) is 48.0 Å². The van der Waals surface area contributed by atoms with Gasteiger partial charge in [-0.25, -0.2) is 14.8 Å². The van der Waals surface area contributed by atoms with E-state index in [0.29, 0.717) is 16.4 Å². The number of rotatable bonds is 5. The second-order valence-corrected chi connectivity index (χ2v) is 8.79. The van der Waals surface area contributed by atoms with Crippen LogP contribution in [0.2, 0.25) is 0 Å². The number of anilines is 1. The number of thiazole rings is 2. The molecule has 2 aromatic heterocycles. The van der Waals surface area contributed by atoms with Gasteiger partial charge in [0.05, 0.1) is 15.7 Å². The summed E-state index contributed by atoms with van der Waals surface area (Å²) in [4.78, 5) is 35.3. The Kier molecular flexibility index (Phi) is 6.16. The van der Waals surface area contributed by atoms with E-state index in [1.54, 1.807) is 30.8 Å². The molecule has 0 spiro atoms. The average molecular weight is 462 g/mol. The molecule has 0 aliphatic heterocycles. The zero-order valence-electron chi connectivity index (χ0n) is 17.3. The highest BCUT2D eigenvalue weighted by atomic mass is 32.1. The third kappa shape index (κ3) is 4.46. The van der Waals surface area contributed by atoms with Crippen LogP contribution in [-0.2, 0) is 4.79 Å². The molecule has 7 nitrogen and oxygen atoms in total. The predicted molar refractivity (Wildman–Crippen MR) is 129 cm³/mol. The first kappa shape index (κ1) is 21.5. The molecule has 0 aliphatic carbocycles. The van der Waals surface area contributed by atoms with Crippen molar-refractivity contribution >= 4 is 50.6 Å². The highest BCUT2D eigenvalue weighted by Crippen LogP contribution is 2.31. The molecule has 3 amide bonds. The Morgan fingerprint density at radius 3 is 2.59 bits per heavy atom. The maximum atomic E-state index is 12.8. The number of hydrogen-bond donors (Lipinski definition) is 2. The Balaban J connectivity index is 1.57. The number of hydrogen-bond acceptors (Lipinski definition) is 6. The average Bonchev–Trinajstić information content (AvgIpc) is 3.46. The number of likely N-dealkylation sites (N-methyl/N-ethyl adjacent to an activating group) is 1. The lowest BCUT2D eigenvalue weighted by molar-refractivity contribution is -0.130. The highest BCUT2D eigenvalue weighted by molar-refractivity contribution is 7.17. The van der Waals surface area contributed by atoms with Gasteiger partial charge in [-0.3, -0.25) is 10.1 Å². The topological polar surface area (TPSA) is 87.2 Å². The van der Waals surface area contributed by atoms with Crippen molar-refractivity contribution in [2.75, 3.05) is 19.4 Å². The number of fused-ring (bicyclic) bond motifs is 1. The fraction of sp³-hybridized carbons (Fsp3) is 0.130. The van der Waals surface area contributed by atoms with Crippen molar-refractivity contribution in [3.63, 3.8) is 0 Å². The first-order valence-corrected chi connectivity index (χ1v) is 11.4. The summed E-state index contributed by atoms with van der Waals surface area (Å²) in [6.07, 6.45) is 5.32. The van der Waals surface area contributed by atoms with Gasteiger partial charge in [-0.1, -0.05) is 36.4 Å². The highest BCUT2D eigenvalue weighted by Gasteiger charge is 2.25. The Hall–Kier alpha value is -3.74. The molecule has 9 heteroatoms. The van der Waals surface area contributed by atoms with Crippen molar-refractivity contribution in [1.29, 1.82) is 0 Å². The molecule has 1 unspecified atom stereocenters. The van der Waals surface area contributed by atoms with Gasteiger partial charge in [0, 0.05) is 25.0 Å². The van der Waals surface area contributed by atoms with E-state index in [9.17, 15) is 9.59 Å². The standard InChI is InChI=1S/C23H19N5O2S2/c1-4-19-25-18(12-31-19)26-23(30)27-20(22(29)28(2)3)15-10-8-14(9-11-15)16-6-5-7-17-21(16)32-13-24-17/h1,5-13,20H,2-3H3,(H2,26,27,30). The van der Waals surface area contributed by atoms with Crippen molar-refractivity contribution in [1.82, 2.24) is 20.2 Å². The van der Waals surface area contributed by atoms with E-state index in [-0.39, 0.29) is 5.91 Å².